The van der Waals surface area contributed by atoms with Gasteiger partial charge in [0.1, 0.15) is 5.75 Å². The van der Waals surface area contributed by atoms with E-state index >= 15 is 0 Å². The lowest BCUT2D eigenvalue weighted by Crippen LogP contribution is -2.11. The summed E-state index contributed by atoms with van der Waals surface area (Å²) < 4.78 is 10.2. The maximum absolute atomic E-state index is 5.38. The highest BCUT2D eigenvalue weighted by Crippen LogP contribution is 2.25. The number of hydrogen-bond donors (Lipinski definition) is 0. The van der Waals surface area contributed by atoms with Gasteiger partial charge in [0, 0.05) is 21.2 Å². The lowest BCUT2D eigenvalue weighted by molar-refractivity contribution is 0.0515. The average molecular weight is 181 g/mol. The second kappa shape index (κ2) is 4.72. The molecule has 0 amide bonds. The van der Waals surface area contributed by atoms with Crippen molar-refractivity contribution >= 4 is 5.69 Å². The molecule has 3 nitrogen and oxygen atoms in total. The van der Waals surface area contributed by atoms with E-state index in [4.69, 9.17) is 9.47 Å². The Morgan fingerprint density at radius 3 is 2.54 bits per heavy atom. The summed E-state index contributed by atoms with van der Waals surface area (Å²) in [7, 11) is 5.57. The minimum absolute atomic E-state index is 0.283. The molecular weight excluding hydrogens is 166 g/mol. The number of rotatable bonds is 4. The molecule has 1 rings (SSSR count). The van der Waals surface area contributed by atoms with Crippen LogP contribution in [0.5, 0.6) is 5.75 Å². The van der Waals surface area contributed by atoms with Crippen LogP contribution in [-0.2, 0) is 4.74 Å². The number of anilines is 1. The van der Waals surface area contributed by atoms with Crippen molar-refractivity contribution < 1.29 is 9.47 Å². The molecule has 0 aliphatic rings. The van der Waals surface area contributed by atoms with E-state index in [0.717, 1.165) is 11.4 Å². The molecular formula is C10H15NO2. The van der Waals surface area contributed by atoms with Crippen LogP contribution in [0.1, 0.15) is 0 Å². The minimum atomic E-state index is 0.283. The largest absolute Gasteiger partial charge is 0.465 e. The van der Waals surface area contributed by atoms with E-state index in [1.165, 1.54) is 0 Å². The molecule has 0 fully saturated rings. The average Bonchev–Trinajstić information content (AvgIpc) is 2.15. The van der Waals surface area contributed by atoms with Gasteiger partial charge in [-0.3, -0.25) is 0 Å². The monoisotopic (exact) mass is 181 g/mol. The predicted octanol–water partition coefficient (Wildman–Crippen LogP) is 1.74. The molecule has 0 aliphatic carbocycles. The van der Waals surface area contributed by atoms with Crippen molar-refractivity contribution in [3.63, 3.8) is 0 Å². The third kappa shape index (κ3) is 2.63. The molecule has 72 valence electrons. The second-order valence-corrected chi connectivity index (χ2v) is 2.91. The van der Waals surface area contributed by atoms with Crippen LogP contribution in [0.15, 0.2) is 24.3 Å². The summed E-state index contributed by atoms with van der Waals surface area (Å²) in [6.07, 6.45) is 0. The van der Waals surface area contributed by atoms with Crippen molar-refractivity contribution in [1.82, 2.24) is 0 Å². The fraction of sp³-hybridized carbons (Fsp3) is 0.400. The Labute approximate surface area is 78.9 Å². The molecule has 0 bridgehead atoms. The van der Waals surface area contributed by atoms with Gasteiger partial charge in [0.05, 0.1) is 5.69 Å². The maximum atomic E-state index is 5.38. The molecule has 13 heavy (non-hydrogen) atoms. The minimum Gasteiger partial charge on any atom is -0.465 e. The number of hydrogen-bond acceptors (Lipinski definition) is 3. The van der Waals surface area contributed by atoms with Gasteiger partial charge in [0.25, 0.3) is 0 Å². The number of para-hydroxylation sites is 2. The van der Waals surface area contributed by atoms with Crippen molar-refractivity contribution in [2.45, 2.75) is 0 Å². The van der Waals surface area contributed by atoms with E-state index in [9.17, 15) is 0 Å². The third-order valence-electron chi connectivity index (χ3n) is 1.68. The molecule has 0 N–H and O–H groups in total. The number of methoxy groups -OCH3 is 1. The molecule has 0 spiro atoms. The molecule has 0 saturated heterocycles. The van der Waals surface area contributed by atoms with Crippen molar-refractivity contribution in [2.24, 2.45) is 0 Å². The third-order valence-corrected chi connectivity index (χ3v) is 1.68. The quantitative estimate of drug-likeness (QED) is 0.660. The number of ether oxygens (including phenoxy) is 2. The molecule has 1 aromatic rings. The van der Waals surface area contributed by atoms with E-state index < -0.39 is 0 Å². The van der Waals surface area contributed by atoms with Crippen molar-refractivity contribution in [2.75, 3.05) is 32.9 Å². The first-order valence-electron chi connectivity index (χ1n) is 4.14. The number of benzene rings is 1. The molecule has 0 unspecified atom stereocenters. The summed E-state index contributed by atoms with van der Waals surface area (Å²) in [5, 5.41) is 0. The summed E-state index contributed by atoms with van der Waals surface area (Å²) in [4.78, 5) is 2.00. The highest BCUT2D eigenvalue weighted by Gasteiger charge is 2.03. The van der Waals surface area contributed by atoms with Gasteiger partial charge in [0.2, 0.25) is 0 Å². The van der Waals surface area contributed by atoms with E-state index in [1.807, 2.05) is 43.3 Å². The molecule has 0 saturated carbocycles. The Balaban J connectivity index is 2.78. The van der Waals surface area contributed by atoms with Gasteiger partial charge >= 0.3 is 0 Å². The van der Waals surface area contributed by atoms with E-state index in [0.29, 0.717) is 0 Å². The summed E-state index contributed by atoms with van der Waals surface area (Å²) in [6, 6.07) is 7.85. The van der Waals surface area contributed by atoms with Crippen LogP contribution in [-0.4, -0.2) is 28.0 Å². The highest BCUT2D eigenvalue weighted by atomic mass is 16.7. The van der Waals surface area contributed by atoms with Crippen molar-refractivity contribution in [3.8, 4) is 5.75 Å². The molecule has 1 aromatic carbocycles. The summed E-state index contributed by atoms with van der Waals surface area (Å²) in [6.45, 7) is 0.283. The molecule has 0 radical (unpaired) electrons. The lowest BCUT2D eigenvalue weighted by atomic mass is 10.3. The molecule has 0 aromatic heterocycles. The first kappa shape index (κ1) is 9.86. The molecule has 3 heteroatoms. The normalized spacial score (nSPS) is 9.77. The Kier molecular flexibility index (Phi) is 3.58. The molecule has 0 heterocycles. The summed E-state index contributed by atoms with van der Waals surface area (Å²) in [5.41, 5.74) is 1.06. The topological polar surface area (TPSA) is 21.7 Å². The van der Waals surface area contributed by atoms with Crippen molar-refractivity contribution in [3.05, 3.63) is 24.3 Å². The van der Waals surface area contributed by atoms with Crippen LogP contribution in [0.4, 0.5) is 5.69 Å². The first-order chi connectivity index (χ1) is 6.25. The van der Waals surface area contributed by atoms with Crippen molar-refractivity contribution in [1.29, 1.82) is 0 Å². The van der Waals surface area contributed by atoms with Gasteiger partial charge in [-0.25, -0.2) is 0 Å². The predicted molar refractivity (Wildman–Crippen MR) is 53.3 cm³/mol. The fourth-order valence-corrected chi connectivity index (χ4v) is 1.07. The van der Waals surface area contributed by atoms with Gasteiger partial charge in [-0.2, -0.15) is 0 Å². The van der Waals surface area contributed by atoms with Gasteiger partial charge in [-0.15, -0.1) is 0 Å². The molecule has 0 aliphatic heterocycles. The van der Waals surface area contributed by atoms with Gasteiger partial charge < -0.3 is 14.4 Å². The standard InChI is InChI=1S/C10H15NO2/c1-11(2)9-6-4-5-7-10(9)13-8-12-3/h4-7H,8H2,1-3H3. The zero-order valence-corrected chi connectivity index (χ0v) is 8.28. The second-order valence-electron chi connectivity index (χ2n) is 2.91. The molecule has 0 atom stereocenters. The Morgan fingerprint density at radius 1 is 1.23 bits per heavy atom. The van der Waals surface area contributed by atoms with Crippen LogP contribution >= 0.6 is 0 Å². The Bertz CT molecular complexity index is 261. The summed E-state index contributed by atoms with van der Waals surface area (Å²) in [5.74, 6) is 0.842. The van der Waals surface area contributed by atoms with Crippen LogP contribution in [0.2, 0.25) is 0 Å². The van der Waals surface area contributed by atoms with Crippen LogP contribution in [0.3, 0.4) is 0 Å². The van der Waals surface area contributed by atoms with E-state index in [2.05, 4.69) is 0 Å². The number of nitrogens with zero attached hydrogens (tertiary/aromatic N) is 1. The zero-order valence-electron chi connectivity index (χ0n) is 8.28. The van der Waals surface area contributed by atoms with Crippen LogP contribution in [0.25, 0.3) is 0 Å². The van der Waals surface area contributed by atoms with E-state index in [-0.39, 0.29) is 6.79 Å². The highest BCUT2D eigenvalue weighted by molar-refractivity contribution is 5.57. The lowest BCUT2D eigenvalue weighted by Gasteiger charge is -2.16. The van der Waals surface area contributed by atoms with Crippen LogP contribution < -0.4 is 9.64 Å². The Hall–Kier alpha value is -1.22. The summed E-state index contributed by atoms with van der Waals surface area (Å²) >= 11 is 0. The smallest absolute Gasteiger partial charge is 0.188 e. The first-order valence-corrected chi connectivity index (χ1v) is 4.14. The maximum Gasteiger partial charge on any atom is 0.188 e. The van der Waals surface area contributed by atoms with Gasteiger partial charge in [-0.1, -0.05) is 12.1 Å². The SMILES string of the molecule is COCOc1ccccc1N(C)C. The van der Waals surface area contributed by atoms with Gasteiger partial charge in [0.15, 0.2) is 6.79 Å². The zero-order chi connectivity index (χ0) is 9.68. The van der Waals surface area contributed by atoms with Gasteiger partial charge in [-0.05, 0) is 12.1 Å². The van der Waals surface area contributed by atoms with Crippen LogP contribution in [0, 0.1) is 0 Å². The van der Waals surface area contributed by atoms with E-state index in [1.54, 1.807) is 7.11 Å². The fourth-order valence-electron chi connectivity index (χ4n) is 1.07. The Morgan fingerprint density at radius 2 is 1.92 bits per heavy atom.